The Balaban J connectivity index is 2.74. The summed E-state index contributed by atoms with van der Waals surface area (Å²) in [5.41, 5.74) is -0.403. The van der Waals surface area contributed by atoms with Crippen LogP contribution in [0.25, 0.3) is 10.9 Å². The SMILES string of the molecule is COC(=O)c1cc2c(F)c(F)cc(F)c2[nH]1. The Hall–Kier alpha value is -1.98. The monoisotopic (exact) mass is 229 g/mol. The largest absolute Gasteiger partial charge is 0.464 e. The number of H-pyrrole nitrogens is 1. The van der Waals surface area contributed by atoms with E-state index in [0.717, 1.165) is 13.2 Å². The van der Waals surface area contributed by atoms with Crippen molar-refractivity contribution in [1.82, 2.24) is 4.98 Å². The highest BCUT2D eigenvalue weighted by atomic mass is 19.2. The van der Waals surface area contributed by atoms with Gasteiger partial charge >= 0.3 is 5.97 Å². The van der Waals surface area contributed by atoms with Crippen molar-refractivity contribution in [3.05, 3.63) is 35.3 Å². The Morgan fingerprint density at radius 3 is 2.56 bits per heavy atom. The van der Waals surface area contributed by atoms with Gasteiger partial charge in [0.2, 0.25) is 0 Å². The Morgan fingerprint density at radius 1 is 1.25 bits per heavy atom. The molecule has 2 aromatic rings. The Bertz CT molecular complexity index is 577. The summed E-state index contributed by atoms with van der Waals surface area (Å²) < 4.78 is 43.7. The summed E-state index contributed by atoms with van der Waals surface area (Å²) in [6.07, 6.45) is 0. The van der Waals surface area contributed by atoms with Crippen LogP contribution in [-0.2, 0) is 4.74 Å². The van der Waals surface area contributed by atoms with Crippen molar-refractivity contribution in [2.75, 3.05) is 7.11 Å². The van der Waals surface area contributed by atoms with E-state index in [2.05, 4.69) is 9.72 Å². The van der Waals surface area contributed by atoms with Crippen LogP contribution >= 0.6 is 0 Å². The molecule has 0 saturated heterocycles. The fourth-order valence-electron chi connectivity index (χ4n) is 1.41. The van der Waals surface area contributed by atoms with E-state index in [1.165, 1.54) is 0 Å². The number of fused-ring (bicyclic) bond motifs is 1. The molecule has 0 radical (unpaired) electrons. The average molecular weight is 229 g/mol. The fraction of sp³-hybridized carbons (Fsp3) is 0.100. The molecule has 0 fully saturated rings. The molecule has 0 amide bonds. The van der Waals surface area contributed by atoms with Crippen LogP contribution in [0.2, 0.25) is 0 Å². The molecule has 0 saturated carbocycles. The Morgan fingerprint density at radius 2 is 1.94 bits per heavy atom. The second kappa shape index (κ2) is 3.55. The van der Waals surface area contributed by atoms with Crippen molar-refractivity contribution < 1.29 is 22.7 Å². The lowest BCUT2D eigenvalue weighted by Crippen LogP contribution is -2.00. The quantitative estimate of drug-likeness (QED) is 0.602. The van der Waals surface area contributed by atoms with Gasteiger partial charge in [0.1, 0.15) is 11.5 Å². The van der Waals surface area contributed by atoms with E-state index in [0.29, 0.717) is 6.07 Å². The number of aromatic nitrogens is 1. The van der Waals surface area contributed by atoms with E-state index >= 15 is 0 Å². The third-order valence-electron chi connectivity index (χ3n) is 2.16. The molecule has 1 aromatic heterocycles. The van der Waals surface area contributed by atoms with Gasteiger partial charge < -0.3 is 9.72 Å². The summed E-state index contributed by atoms with van der Waals surface area (Å²) in [5, 5.41) is -0.321. The summed E-state index contributed by atoms with van der Waals surface area (Å²) in [6.45, 7) is 0. The Labute approximate surface area is 87.8 Å². The van der Waals surface area contributed by atoms with Crippen molar-refractivity contribution in [2.24, 2.45) is 0 Å². The third-order valence-corrected chi connectivity index (χ3v) is 2.16. The zero-order valence-electron chi connectivity index (χ0n) is 8.11. The van der Waals surface area contributed by atoms with Gasteiger partial charge in [-0.15, -0.1) is 0 Å². The molecule has 0 aliphatic heterocycles. The van der Waals surface area contributed by atoms with Crippen LogP contribution in [0.3, 0.4) is 0 Å². The molecule has 3 nitrogen and oxygen atoms in total. The molecule has 0 bridgehead atoms. The standard InChI is InChI=1S/C10H6F3NO2/c1-16-10(15)7-2-4-8(13)5(11)3-6(12)9(4)14-7/h2-3,14H,1H3. The van der Waals surface area contributed by atoms with Crippen LogP contribution in [0.4, 0.5) is 13.2 Å². The van der Waals surface area contributed by atoms with Gasteiger partial charge in [-0.05, 0) is 6.07 Å². The highest BCUT2D eigenvalue weighted by Gasteiger charge is 2.17. The predicted molar refractivity (Wildman–Crippen MR) is 49.5 cm³/mol. The van der Waals surface area contributed by atoms with Crippen molar-refractivity contribution in [3.63, 3.8) is 0 Å². The molecular formula is C10H6F3NO2. The minimum Gasteiger partial charge on any atom is -0.464 e. The molecule has 1 heterocycles. The molecule has 0 atom stereocenters. The number of hydrogen-bond donors (Lipinski definition) is 1. The van der Waals surface area contributed by atoms with Crippen LogP contribution < -0.4 is 0 Å². The zero-order valence-corrected chi connectivity index (χ0v) is 8.11. The molecule has 6 heteroatoms. The van der Waals surface area contributed by atoms with E-state index in [4.69, 9.17) is 0 Å². The van der Waals surface area contributed by atoms with Gasteiger partial charge in [0.25, 0.3) is 0 Å². The number of methoxy groups -OCH3 is 1. The maximum atomic E-state index is 13.2. The lowest BCUT2D eigenvalue weighted by molar-refractivity contribution is 0.0595. The van der Waals surface area contributed by atoms with Crippen molar-refractivity contribution in [2.45, 2.75) is 0 Å². The number of benzene rings is 1. The number of carbonyl (C=O) groups is 1. The number of aromatic amines is 1. The minimum atomic E-state index is -1.31. The third kappa shape index (κ3) is 1.42. The van der Waals surface area contributed by atoms with E-state index < -0.39 is 23.4 Å². The van der Waals surface area contributed by atoms with Gasteiger partial charge in [-0.2, -0.15) is 0 Å². The number of esters is 1. The van der Waals surface area contributed by atoms with Gasteiger partial charge in [-0.25, -0.2) is 18.0 Å². The summed E-state index contributed by atoms with van der Waals surface area (Å²) in [5.74, 6) is -4.26. The van der Waals surface area contributed by atoms with Gasteiger partial charge in [0.15, 0.2) is 11.6 Å². The van der Waals surface area contributed by atoms with Crippen LogP contribution in [0, 0.1) is 17.5 Å². The van der Waals surface area contributed by atoms with E-state index in [9.17, 15) is 18.0 Å². The first-order valence-electron chi connectivity index (χ1n) is 4.29. The molecule has 16 heavy (non-hydrogen) atoms. The number of carbonyl (C=O) groups excluding carboxylic acids is 1. The molecule has 0 unspecified atom stereocenters. The Kier molecular flexibility index (Phi) is 2.34. The first-order chi connectivity index (χ1) is 7.54. The van der Waals surface area contributed by atoms with Crippen LogP contribution in [-0.4, -0.2) is 18.1 Å². The molecule has 1 aromatic carbocycles. The molecule has 2 rings (SSSR count). The molecule has 0 aliphatic carbocycles. The second-order valence-corrected chi connectivity index (χ2v) is 3.12. The first kappa shape index (κ1) is 10.5. The van der Waals surface area contributed by atoms with E-state index in [1.54, 1.807) is 0 Å². The highest BCUT2D eigenvalue weighted by molar-refractivity contribution is 5.95. The maximum Gasteiger partial charge on any atom is 0.354 e. The zero-order chi connectivity index (χ0) is 11.9. The van der Waals surface area contributed by atoms with Crippen LogP contribution in [0.1, 0.15) is 10.5 Å². The minimum absolute atomic E-state index is 0.138. The normalized spacial score (nSPS) is 10.8. The molecule has 1 N–H and O–H groups in total. The van der Waals surface area contributed by atoms with Crippen LogP contribution in [0.15, 0.2) is 12.1 Å². The fourth-order valence-corrected chi connectivity index (χ4v) is 1.41. The smallest absolute Gasteiger partial charge is 0.354 e. The first-order valence-corrected chi connectivity index (χ1v) is 4.29. The predicted octanol–water partition coefficient (Wildman–Crippen LogP) is 2.37. The van der Waals surface area contributed by atoms with Gasteiger partial charge in [0.05, 0.1) is 12.6 Å². The molecule has 84 valence electrons. The number of nitrogens with one attached hydrogen (secondary N) is 1. The highest BCUT2D eigenvalue weighted by Crippen LogP contribution is 2.24. The summed E-state index contributed by atoms with van der Waals surface area (Å²) in [7, 11) is 1.13. The number of ether oxygens (including phenoxy) is 1. The van der Waals surface area contributed by atoms with Gasteiger partial charge in [0, 0.05) is 11.5 Å². The molecule has 0 spiro atoms. The van der Waals surface area contributed by atoms with Crippen molar-refractivity contribution in [1.29, 1.82) is 0 Å². The van der Waals surface area contributed by atoms with E-state index in [1.807, 2.05) is 0 Å². The summed E-state index contributed by atoms with van der Waals surface area (Å²) in [4.78, 5) is 13.4. The number of hydrogen-bond acceptors (Lipinski definition) is 2. The topological polar surface area (TPSA) is 42.1 Å². The summed E-state index contributed by atoms with van der Waals surface area (Å²) >= 11 is 0. The number of rotatable bonds is 1. The van der Waals surface area contributed by atoms with Gasteiger partial charge in [-0.3, -0.25) is 0 Å². The van der Waals surface area contributed by atoms with Gasteiger partial charge in [-0.1, -0.05) is 0 Å². The molecular weight excluding hydrogens is 223 g/mol. The lowest BCUT2D eigenvalue weighted by Gasteiger charge is -1.95. The summed E-state index contributed by atoms with van der Waals surface area (Å²) in [6, 6.07) is 1.41. The van der Waals surface area contributed by atoms with Crippen molar-refractivity contribution in [3.8, 4) is 0 Å². The lowest BCUT2D eigenvalue weighted by atomic mass is 10.2. The maximum absolute atomic E-state index is 13.2. The van der Waals surface area contributed by atoms with E-state index in [-0.39, 0.29) is 16.6 Å². The molecule has 0 aliphatic rings. The average Bonchev–Trinajstić information content (AvgIpc) is 2.70. The second-order valence-electron chi connectivity index (χ2n) is 3.12. The van der Waals surface area contributed by atoms with Crippen LogP contribution in [0.5, 0.6) is 0 Å². The van der Waals surface area contributed by atoms with Crippen molar-refractivity contribution >= 4 is 16.9 Å². The number of halogens is 3.